The summed E-state index contributed by atoms with van der Waals surface area (Å²) in [7, 11) is -1.45. The van der Waals surface area contributed by atoms with E-state index >= 15 is 0 Å². The van der Waals surface area contributed by atoms with E-state index < -0.39 is 44.7 Å². The number of alkyl halides is 3. The van der Waals surface area contributed by atoms with Gasteiger partial charge in [0.15, 0.2) is 0 Å². The molecule has 1 N–H and O–H groups in total. The molecule has 0 aromatic heterocycles. The summed E-state index contributed by atoms with van der Waals surface area (Å²) in [5, 5.41) is 1.97. The SMILES string of the molecule is CN(C)S(=O)(=O)c1ccc(F)c(C(=O)Nc2ccccc2C(F)(F)F)c1. The standard InChI is InChI=1S/C16H14F4N2O3S/c1-22(2)26(24,25)10-7-8-13(17)11(9-10)15(23)21-14-6-4-3-5-12(14)16(18,19)20/h3-9H,1-2H3,(H,21,23). The molecule has 0 saturated carbocycles. The Morgan fingerprint density at radius 1 is 1.08 bits per heavy atom. The van der Waals surface area contributed by atoms with Crippen molar-refractivity contribution in [2.45, 2.75) is 11.1 Å². The zero-order valence-electron chi connectivity index (χ0n) is 13.6. The second-order valence-corrected chi connectivity index (χ2v) is 7.58. The number of benzene rings is 2. The lowest BCUT2D eigenvalue weighted by molar-refractivity contribution is -0.136. The second kappa shape index (κ2) is 7.04. The Morgan fingerprint density at radius 2 is 1.69 bits per heavy atom. The summed E-state index contributed by atoms with van der Waals surface area (Å²) in [5.41, 5.74) is -2.36. The molecule has 0 bridgehead atoms. The number of rotatable bonds is 4. The number of nitrogens with zero attached hydrogens (tertiary/aromatic N) is 1. The van der Waals surface area contributed by atoms with E-state index in [0.29, 0.717) is 0 Å². The van der Waals surface area contributed by atoms with E-state index in [1.807, 2.05) is 5.32 Å². The predicted octanol–water partition coefficient (Wildman–Crippen LogP) is 3.35. The molecule has 0 spiro atoms. The number of anilines is 1. The highest BCUT2D eigenvalue weighted by atomic mass is 32.2. The van der Waals surface area contributed by atoms with E-state index in [2.05, 4.69) is 0 Å². The van der Waals surface area contributed by atoms with Gasteiger partial charge in [0, 0.05) is 14.1 Å². The third kappa shape index (κ3) is 4.02. The van der Waals surface area contributed by atoms with E-state index in [1.54, 1.807) is 0 Å². The smallest absolute Gasteiger partial charge is 0.321 e. The highest BCUT2D eigenvalue weighted by molar-refractivity contribution is 7.89. The van der Waals surface area contributed by atoms with Crippen LogP contribution in [0.15, 0.2) is 47.4 Å². The van der Waals surface area contributed by atoms with Gasteiger partial charge in [0.25, 0.3) is 5.91 Å². The molecule has 0 heterocycles. The van der Waals surface area contributed by atoms with Gasteiger partial charge in [-0.15, -0.1) is 0 Å². The van der Waals surface area contributed by atoms with Gasteiger partial charge in [-0.3, -0.25) is 4.79 Å². The lowest BCUT2D eigenvalue weighted by atomic mass is 10.1. The number of amides is 1. The minimum absolute atomic E-state index is 0.363. The van der Waals surface area contributed by atoms with Gasteiger partial charge in [-0.2, -0.15) is 13.2 Å². The lowest BCUT2D eigenvalue weighted by Crippen LogP contribution is -2.23. The monoisotopic (exact) mass is 390 g/mol. The summed E-state index contributed by atoms with van der Waals surface area (Å²) in [4.78, 5) is 11.9. The Kier molecular flexibility index (Phi) is 5.38. The van der Waals surface area contributed by atoms with Crippen LogP contribution in [0.25, 0.3) is 0 Å². The van der Waals surface area contributed by atoms with Crippen LogP contribution in [0.4, 0.5) is 23.2 Å². The molecule has 2 rings (SSSR count). The van der Waals surface area contributed by atoms with E-state index in [9.17, 15) is 30.8 Å². The van der Waals surface area contributed by atoms with Crippen molar-refractivity contribution in [2.24, 2.45) is 0 Å². The first-order chi connectivity index (χ1) is 11.9. The molecular weight excluding hydrogens is 376 g/mol. The van der Waals surface area contributed by atoms with Crippen LogP contribution < -0.4 is 5.32 Å². The molecule has 26 heavy (non-hydrogen) atoms. The van der Waals surface area contributed by atoms with Crippen LogP contribution in [-0.2, 0) is 16.2 Å². The van der Waals surface area contributed by atoms with Crippen molar-refractivity contribution in [1.29, 1.82) is 0 Å². The molecule has 0 aliphatic carbocycles. The minimum Gasteiger partial charge on any atom is -0.321 e. The van der Waals surface area contributed by atoms with Crippen LogP contribution in [0.2, 0.25) is 0 Å². The molecule has 140 valence electrons. The first kappa shape index (κ1) is 19.9. The maximum Gasteiger partial charge on any atom is 0.418 e. The molecule has 0 radical (unpaired) electrons. The zero-order chi connectivity index (χ0) is 19.7. The molecule has 0 aliphatic rings. The summed E-state index contributed by atoms with van der Waals surface area (Å²) in [6.07, 6.45) is -4.72. The molecular formula is C16H14F4N2O3S. The van der Waals surface area contributed by atoms with Crippen LogP contribution in [-0.4, -0.2) is 32.7 Å². The van der Waals surface area contributed by atoms with Crippen LogP contribution in [0.5, 0.6) is 0 Å². The molecule has 0 unspecified atom stereocenters. The largest absolute Gasteiger partial charge is 0.418 e. The van der Waals surface area contributed by atoms with Crippen molar-refractivity contribution < 1.29 is 30.8 Å². The molecule has 2 aromatic carbocycles. The Morgan fingerprint density at radius 3 is 2.27 bits per heavy atom. The molecule has 0 atom stereocenters. The van der Waals surface area contributed by atoms with Gasteiger partial charge in [0.2, 0.25) is 10.0 Å². The Labute approximate surface area is 147 Å². The highest BCUT2D eigenvalue weighted by Gasteiger charge is 2.34. The number of sulfonamides is 1. The summed E-state index contributed by atoms with van der Waals surface area (Å²) in [5.74, 6) is -2.26. The number of halogens is 4. The van der Waals surface area contributed by atoms with Gasteiger partial charge in [-0.05, 0) is 30.3 Å². The van der Waals surface area contributed by atoms with Crippen LogP contribution >= 0.6 is 0 Å². The fourth-order valence-corrected chi connectivity index (χ4v) is 3.01. The number of carbonyl (C=O) groups is 1. The number of para-hydroxylation sites is 1. The second-order valence-electron chi connectivity index (χ2n) is 5.43. The van der Waals surface area contributed by atoms with Crippen molar-refractivity contribution in [1.82, 2.24) is 4.31 Å². The summed E-state index contributed by atoms with van der Waals surface area (Å²) >= 11 is 0. The Hall–Kier alpha value is -2.46. The lowest BCUT2D eigenvalue weighted by Gasteiger charge is -2.15. The summed E-state index contributed by atoms with van der Waals surface area (Å²) in [6.45, 7) is 0. The third-order valence-corrected chi connectivity index (χ3v) is 5.25. The molecule has 0 fully saturated rings. The first-order valence-electron chi connectivity index (χ1n) is 7.14. The molecule has 10 heteroatoms. The molecule has 0 aliphatic heterocycles. The van der Waals surface area contributed by atoms with Crippen molar-refractivity contribution in [2.75, 3.05) is 19.4 Å². The van der Waals surface area contributed by atoms with Gasteiger partial charge in [0.1, 0.15) is 5.82 Å². The van der Waals surface area contributed by atoms with Gasteiger partial charge in [-0.25, -0.2) is 17.1 Å². The normalized spacial score (nSPS) is 12.3. The van der Waals surface area contributed by atoms with E-state index in [0.717, 1.165) is 40.7 Å². The van der Waals surface area contributed by atoms with Crippen molar-refractivity contribution >= 4 is 21.6 Å². The van der Waals surface area contributed by atoms with Crippen LogP contribution in [0.1, 0.15) is 15.9 Å². The van der Waals surface area contributed by atoms with Gasteiger partial charge >= 0.3 is 6.18 Å². The maximum absolute atomic E-state index is 14.0. The van der Waals surface area contributed by atoms with Gasteiger partial charge in [-0.1, -0.05) is 12.1 Å². The first-order valence-corrected chi connectivity index (χ1v) is 8.58. The molecule has 5 nitrogen and oxygen atoms in total. The van der Waals surface area contributed by atoms with E-state index in [-0.39, 0.29) is 4.90 Å². The van der Waals surface area contributed by atoms with Crippen LogP contribution in [0.3, 0.4) is 0 Å². The Bertz CT molecular complexity index is 941. The molecule has 1 amide bonds. The molecule has 2 aromatic rings. The van der Waals surface area contributed by atoms with Crippen LogP contribution in [0, 0.1) is 5.82 Å². The van der Waals surface area contributed by atoms with Crippen molar-refractivity contribution in [3.63, 3.8) is 0 Å². The summed E-state index contributed by atoms with van der Waals surface area (Å²) < 4.78 is 77.9. The highest BCUT2D eigenvalue weighted by Crippen LogP contribution is 2.34. The third-order valence-electron chi connectivity index (χ3n) is 3.44. The number of carbonyl (C=O) groups excluding carboxylic acids is 1. The maximum atomic E-state index is 14.0. The average molecular weight is 390 g/mol. The number of hydrogen-bond acceptors (Lipinski definition) is 3. The number of nitrogens with one attached hydrogen (secondary N) is 1. The minimum atomic E-state index is -4.72. The van der Waals surface area contributed by atoms with Gasteiger partial charge < -0.3 is 5.32 Å². The quantitative estimate of drug-likeness (QED) is 0.815. The average Bonchev–Trinajstić information content (AvgIpc) is 2.54. The molecule has 0 saturated heterocycles. The topological polar surface area (TPSA) is 66.5 Å². The fraction of sp³-hybridized carbons (Fsp3) is 0.188. The number of hydrogen-bond donors (Lipinski definition) is 1. The van der Waals surface area contributed by atoms with E-state index in [1.165, 1.54) is 20.2 Å². The van der Waals surface area contributed by atoms with Crippen molar-refractivity contribution in [3.05, 3.63) is 59.4 Å². The van der Waals surface area contributed by atoms with E-state index in [4.69, 9.17) is 0 Å². The zero-order valence-corrected chi connectivity index (χ0v) is 14.5. The van der Waals surface area contributed by atoms with Crippen molar-refractivity contribution in [3.8, 4) is 0 Å². The Balaban J connectivity index is 2.44. The summed E-state index contributed by atoms with van der Waals surface area (Å²) in [6, 6.07) is 6.69. The fourth-order valence-electron chi connectivity index (χ4n) is 2.08. The predicted molar refractivity (Wildman–Crippen MR) is 86.7 cm³/mol. The van der Waals surface area contributed by atoms with Gasteiger partial charge in [0.05, 0.1) is 21.7 Å².